The predicted molar refractivity (Wildman–Crippen MR) is 132 cm³/mol. The van der Waals surface area contributed by atoms with Gasteiger partial charge in [-0.1, -0.05) is 24.4 Å². The smallest absolute Gasteiger partial charge is 0.382 e. The minimum absolute atomic E-state index is 0.000507. The molecule has 194 valence electrons. The minimum Gasteiger partial charge on any atom is -0.382 e. The van der Waals surface area contributed by atoms with Gasteiger partial charge < -0.3 is 15.5 Å². The molecule has 2 aliphatic carbocycles. The van der Waals surface area contributed by atoms with Crippen molar-refractivity contribution in [3.63, 3.8) is 0 Å². The van der Waals surface area contributed by atoms with Crippen LogP contribution >= 0.6 is 11.6 Å². The molecule has 2 amide bonds. The van der Waals surface area contributed by atoms with E-state index in [1.165, 1.54) is 12.1 Å². The van der Waals surface area contributed by atoms with Crippen molar-refractivity contribution in [2.75, 3.05) is 11.9 Å². The number of benzene rings is 1. The highest BCUT2D eigenvalue weighted by atomic mass is 35.5. The maximum Gasteiger partial charge on any atom is 0.433 e. The number of halogens is 4. The van der Waals surface area contributed by atoms with Crippen molar-refractivity contribution in [1.82, 2.24) is 15.2 Å². The average molecular weight is 523 g/mol. The highest BCUT2D eigenvalue weighted by Gasteiger charge is 2.39. The summed E-state index contributed by atoms with van der Waals surface area (Å²) in [7, 11) is 0. The molecule has 1 saturated heterocycles. The molecule has 3 aliphatic rings. The van der Waals surface area contributed by atoms with E-state index in [-0.39, 0.29) is 47.8 Å². The van der Waals surface area contributed by atoms with Crippen LogP contribution in [0.4, 0.5) is 18.9 Å². The van der Waals surface area contributed by atoms with Gasteiger partial charge in [0.15, 0.2) is 0 Å². The number of fused-ring (bicyclic) bond motifs is 1. The second-order valence-corrected chi connectivity index (χ2v) is 10.7. The number of carbonyl (C=O) groups excluding carboxylic acids is 2. The SMILES string of the molecule is O=C(N[C@H]1CC[C@@H](Nc2cc(C(F)(F)F)nc3ccc(Cl)cc23)CC1)C1CC(=O)N(C2CCCC2)C1. The van der Waals surface area contributed by atoms with E-state index in [1.54, 1.807) is 6.07 Å². The molecule has 2 heterocycles. The largest absolute Gasteiger partial charge is 0.433 e. The van der Waals surface area contributed by atoms with E-state index in [0.29, 0.717) is 48.3 Å². The van der Waals surface area contributed by atoms with E-state index >= 15 is 0 Å². The van der Waals surface area contributed by atoms with Crippen LogP contribution in [0.3, 0.4) is 0 Å². The van der Waals surface area contributed by atoms with E-state index in [1.807, 2.05) is 4.90 Å². The van der Waals surface area contributed by atoms with Gasteiger partial charge in [0.2, 0.25) is 11.8 Å². The number of carbonyl (C=O) groups is 2. The number of nitrogens with one attached hydrogen (secondary N) is 2. The Morgan fingerprint density at radius 1 is 1.03 bits per heavy atom. The molecule has 1 aromatic carbocycles. The molecule has 2 saturated carbocycles. The van der Waals surface area contributed by atoms with E-state index in [9.17, 15) is 22.8 Å². The van der Waals surface area contributed by atoms with Crippen molar-refractivity contribution in [3.8, 4) is 0 Å². The number of rotatable bonds is 5. The fourth-order valence-corrected chi connectivity index (χ4v) is 6.03. The first kappa shape index (κ1) is 25.1. The van der Waals surface area contributed by atoms with E-state index in [2.05, 4.69) is 15.6 Å². The third-order valence-electron chi connectivity index (χ3n) is 7.79. The topological polar surface area (TPSA) is 74.3 Å². The molecule has 5 rings (SSSR count). The number of anilines is 1. The highest BCUT2D eigenvalue weighted by molar-refractivity contribution is 6.31. The molecule has 0 spiro atoms. The lowest BCUT2D eigenvalue weighted by molar-refractivity contribution is -0.141. The molecular weight excluding hydrogens is 493 g/mol. The summed E-state index contributed by atoms with van der Waals surface area (Å²) in [6.45, 7) is 0.505. The average Bonchev–Trinajstić information content (AvgIpc) is 3.49. The summed E-state index contributed by atoms with van der Waals surface area (Å²) in [6, 6.07) is 5.94. The number of nitrogens with zero attached hydrogens (tertiary/aromatic N) is 2. The first-order chi connectivity index (χ1) is 17.2. The number of alkyl halides is 3. The standard InChI is InChI=1S/C26H30ClF3N4O2/c27-16-5-10-21-20(12-16)22(13-23(33-21)26(28,29)30)31-17-6-8-18(9-7-17)32-25(36)15-11-24(35)34(14-15)19-3-1-2-4-19/h5,10,12-13,15,17-19H,1-4,6-9,11,14H2,(H,31,33)(H,32,36)/t15?,17-,18+. The predicted octanol–water partition coefficient (Wildman–Crippen LogP) is 5.54. The zero-order valence-electron chi connectivity index (χ0n) is 19.9. The molecule has 36 heavy (non-hydrogen) atoms. The lowest BCUT2D eigenvalue weighted by Gasteiger charge is -2.31. The van der Waals surface area contributed by atoms with Gasteiger partial charge >= 0.3 is 6.18 Å². The Morgan fingerprint density at radius 2 is 1.72 bits per heavy atom. The minimum atomic E-state index is -4.55. The molecule has 1 aromatic heterocycles. The number of hydrogen-bond donors (Lipinski definition) is 2. The summed E-state index contributed by atoms with van der Waals surface area (Å²) in [6.07, 6.45) is 2.90. The fraction of sp³-hybridized carbons (Fsp3) is 0.577. The van der Waals surface area contributed by atoms with Gasteiger partial charge in [0, 0.05) is 47.2 Å². The van der Waals surface area contributed by atoms with Gasteiger partial charge in [-0.2, -0.15) is 13.2 Å². The third kappa shape index (κ3) is 5.41. The zero-order valence-corrected chi connectivity index (χ0v) is 20.7. The van der Waals surface area contributed by atoms with Gasteiger partial charge in [-0.05, 0) is 62.8 Å². The lowest BCUT2D eigenvalue weighted by Crippen LogP contribution is -2.43. The van der Waals surface area contributed by atoms with Gasteiger partial charge in [0.25, 0.3) is 0 Å². The van der Waals surface area contributed by atoms with Crippen molar-refractivity contribution in [2.45, 2.75) is 82.1 Å². The van der Waals surface area contributed by atoms with Crippen molar-refractivity contribution in [3.05, 3.63) is 35.0 Å². The number of likely N-dealkylation sites (tertiary alicyclic amines) is 1. The third-order valence-corrected chi connectivity index (χ3v) is 8.02. The Balaban J connectivity index is 1.18. The van der Waals surface area contributed by atoms with Crippen molar-refractivity contribution in [1.29, 1.82) is 0 Å². The van der Waals surface area contributed by atoms with Crippen molar-refractivity contribution < 1.29 is 22.8 Å². The Labute approximate surface area is 213 Å². The van der Waals surface area contributed by atoms with E-state index in [0.717, 1.165) is 31.7 Å². The lowest BCUT2D eigenvalue weighted by atomic mass is 9.90. The second-order valence-electron chi connectivity index (χ2n) is 10.3. The van der Waals surface area contributed by atoms with Crippen molar-refractivity contribution >= 4 is 40.0 Å². The summed E-state index contributed by atoms with van der Waals surface area (Å²) in [5, 5.41) is 7.37. The number of pyridine rings is 1. The second kappa shape index (κ2) is 10.1. The Kier molecular flexibility index (Phi) is 7.03. The van der Waals surface area contributed by atoms with Crippen LogP contribution in [0.1, 0.15) is 63.5 Å². The first-order valence-corrected chi connectivity index (χ1v) is 13.1. The Bertz CT molecular complexity index is 1140. The van der Waals surface area contributed by atoms with Gasteiger partial charge in [0.05, 0.1) is 11.4 Å². The molecule has 3 fully saturated rings. The van der Waals surface area contributed by atoms with Crippen LogP contribution in [0.5, 0.6) is 0 Å². The first-order valence-electron chi connectivity index (χ1n) is 12.7. The van der Waals surface area contributed by atoms with Gasteiger partial charge in [0.1, 0.15) is 5.69 Å². The zero-order chi connectivity index (χ0) is 25.4. The molecule has 2 aromatic rings. The molecule has 1 unspecified atom stereocenters. The summed E-state index contributed by atoms with van der Waals surface area (Å²) in [5.41, 5.74) is -0.354. The van der Waals surface area contributed by atoms with E-state index < -0.39 is 11.9 Å². The van der Waals surface area contributed by atoms with Crippen LogP contribution in [0.15, 0.2) is 24.3 Å². The van der Waals surface area contributed by atoms with Crippen LogP contribution in [-0.4, -0.2) is 46.4 Å². The molecule has 0 radical (unpaired) electrons. The fourth-order valence-electron chi connectivity index (χ4n) is 5.86. The Morgan fingerprint density at radius 3 is 2.42 bits per heavy atom. The Hall–Kier alpha value is -2.55. The molecule has 2 N–H and O–H groups in total. The number of aromatic nitrogens is 1. The van der Waals surface area contributed by atoms with Crippen LogP contribution in [-0.2, 0) is 15.8 Å². The van der Waals surface area contributed by atoms with Gasteiger partial charge in [-0.25, -0.2) is 4.98 Å². The number of amides is 2. The maximum absolute atomic E-state index is 13.4. The molecule has 6 nitrogen and oxygen atoms in total. The monoisotopic (exact) mass is 522 g/mol. The van der Waals surface area contributed by atoms with Gasteiger partial charge in [-0.15, -0.1) is 0 Å². The van der Waals surface area contributed by atoms with Crippen LogP contribution in [0.2, 0.25) is 5.02 Å². The van der Waals surface area contributed by atoms with E-state index in [4.69, 9.17) is 11.6 Å². The summed E-state index contributed by atoms with van der Waals surface area (Å²) in [5.74, 6) is -0.287. The summed E-state index contributed by atoms with van der Waals surface area (Å²) < 4.78 is 40.2. The highest BCUT2D eigenvalue weighted by Crippen LogP contribution is 2.35. The maximum atomic E-state index is 13.4. The van der Waals surface area contributed by atoms with Crippen LogP contribution in [0, 0.1) is 5.92 Å². The molecule has 1 aliphatic heterocycles. The van der Waals surface area contributed by atoms with Gasteiger partial charge in [-0.3, -0.25) is 9.59 Å². The molecule has 1 atom stereocenters. The van der Waals surface area contributed by atoms with Crippen molar-refractivity contribution in [2.24, 2.45) is 5.92 Å². The quantitative estimate of drug-likeness (QED) is 0.541. The molecular formula is C26H30ClF3N4O2. The molecule has 10 heteroatoms. The summed E-state index contributed by atoms with van der Waals surface area (Å²) in [4.78, 5) is 31.0. The molecule has 0 bridgehead atoms. The number of hydrogen-bond acceptors (Lipinski definition) is 4. The summed E-state index contributed by atoms with van der Waals surface area (Å²) >= 11 is 6.10. The normalized spacial score (nSPS) is 25.5. The van der Waals surface area contributed by atoms with Crippen LogP contribution < -0.4 is 10.6 Å². The van der Waals surface area contributed by atoms with Crippen LogP contribution in [0.25, 0.3) is 10.9 Å².